The zero-order valence-electron chi connectivity index (χ0n) is 27.4. The van der Waals surface area contributed by atoms with Crippen molar-refractivity contribution in [1.29, 1.82) is 0 Å². The Balaban J connectivity index is 1.00. The van der Waals surface area contributed by atoms with Crippen LogP contribution in [0.25, 0.3) is 75.2 Å². The zero-order valence-corrected chi connectivity index (χ0v) is 28.2. The van der Waals surface area contributed by atoms with Gasteiger partial charge < -0.3 is 8.83 Å². The molecule has 6 heteroatoms. The Morgan fingerprint density at radius 2 is 0.980 bits per heavy atom. The number of hydrogen-bond donors (Lipinski definition) is 3. The van der Waals surface area contributed by atoms with Gasteiger partial charge in [-0.3, -0.25) is 16.0 Å². The van der Waals surface area contributed by atoms with E-state index in [0.29, 0.717) is 0 Å². The average Bonchev–Trinajstić information content (AvgIpc) is 3.88. The Kier molecular flexibility index (Phi) is 6.48. The molecular formula is C45H31N3O2S. The topological polar surface area (TPSA) is 62.4 Å². The van der Waals surface area contributed by atoms with Crippen molar-refractivity contribution in [1.82, 2.24) is 16.0 Å². The number of furan rings is 2. The monoisotopic (exact) mass is 677 g/mol. The molecule has 10 aromatic rings. The van der Waals surface area contributed by atoms with Crippen LogP contribution in [0.1, 0.15) is 35.2 Å². The van der Waals surface area contributed by atoms with Crippen molar-refractivity contribution in [2.45, 2.75) is 18.5 Å². The van der Waals surface area contributed by atoms with E-state index in [-0.39, 0.29) is 18.5 Å². The molecule has 0 amide bonds. The number of para-hydroxylation sites is 3. The largest absolute Gasteiger partial charge is 0.456 e. The summed E-state index contributed by atoms with van der Waals surface area (Å²) >= 11 is 1.84. The van der Waals surface area contributed by atoms with Crippen LogP contribution in [0.4, 0.5) is 0 Å². The summed E-state index contributed by atoms with van der Waals surface area (Å²) in [6.07, 6.45) is -0.302. The number of hydrogen-bond acceptors (Lipinski definition) is 6. The molecule has 7 aromatic carbocycles. The minimum atomic E-state index is -0.120. The van der Waals surface area contributed by atoms with Gasteiger partial charge in [-0.1, -0.05) is 109 Å². The van der Waals surface area contributed by atoms with Crippen LogP contribution >= 0.6 is 11.3 Å². The molecule has 3 atom stereocenters. The minimum Gasteiger partial charge on any atom is -0.456 e. The second kappa shape index (κ2) is 11.4. The highest BCUT2D eigenvalue weighted by atomic mass is 32.1. The first-order chi connectivity index (χ1) is 25.2. The summed E-state index contributed by atoms with van der Waals surface area (Å²) in [5.74, 6) is 0. The molecule has 4 heterocycles. The van der Waals surface area contributed by atoms with E-state index in [1.807, 2.05) is 35.6 Å². The lowest BCUT2D eigenvalue weighted by Gasteiger charge is -2.39. The molecule has 1 saturated heterocycles. The van der Waals surface area contributed by atoms with E-state index in [1.165, 1.54) is 31.3 Å². The van der Waals surface area contributed by atoms with Crippen molar-refractivity contribution in [2.24, 2.45) is 0 Å². The molecule has 0 bridgehead atoms. The molecule has 3 N–H and O–H groups in total. The highest BCUT2D eigenvalue weighted by Gasteiger charge is 2.30. The fraction of sp³-hybridized carbons (Fsp3) is 0.0667. The molecule has 3 unspecified atom stereocenters. The van der Waals surface area contributed by atoms with Gasteiger partial charge in [-0.05, 0) is 64.7 Å². The highest BCUT2D eigenvalue weighted by Crippen LogP contribution is 2.41. The molecule has 0 radical (unpaired) electrons. The summed E-state index contributed by atoms with van der Waals surface area (Å²) in [7, 11) is 0. The molecule has 3 aromatic heterocycles. The summed E-state index contributed by atoms with van der Waals surface area (Å²) in [5.41, 5.74) is 9.40. The van der Waals surface area contributed by atoms with Crippen LogP contribution in [-0.2, 0) is 0 Å². The van der Waals surface area contributed by atoms with Crippen LogP contribution in [0.15, 0.2) is 160 Å². The molecule has 1 fully saturated rings. The Morgan fingerprint density at radius 3 is 1.78 bits per heavy atom. The van der Waals surface area contributed by atoms with Crippen LogP contribution in [0.5, 0.6) is 0 Å². The van der Waals surface area contributed by atoms with E-state index in [9.17, 15) is 0 Å². The maximum Gasteiger partial charge on any atom is 0.143 e. The van der Waals surface area contributed by atoms with E-state index < -0.39 is 0 Å². The standard InChI is InChI=1S/C45H31N3O2S/c1-2-9-26(10-3-1)43-46-44(48-45(47-43)29-17-20-33-31-11-4-6-15-37(31)49-39(33)25-29)28-19-22-41-36(24-28)35-23-27(18-21-40(35)51-41)30-13-8-14-34-32-12-5-7-16-38(32)50-42(30)34/h1-25,43-48H. The van der Waals surface area contributed by atoms with E-state index in [0.717, 1.165) is 60.6 Å². The molecule has 244 valence electrons. The lowest BCUT2D eigenvalue weighted by molar-refractivity contribution is 0.203. The fourth-order valence-electron chi connectivity index (χ4n) is 7.91. The number of thiophene rings is 1. The highest BCUT2D eigenvalue weighted by molar-refractivity contribution is 7.25. The lowest BCUT2D eigenvalue weighted by Crippen LogP contribution is -2.54. The summed E-state index contributed by atoms with van der Waals surface area (Å²) < 4.78 is 15.3. The normalized spacial score (nSPS) is 18.2. The van der Waals surface area contributed by atoms with Gasteiger partial charge in [0.05, 0.1) is 18.5 Å². The Morgan fingerprint density at radius 1 is 0.392 bits per heavy atom. The molecule has 11 rings (SSSR count). The van der Waals surface area contributed by atoms with Gasteiger partial charge in [-0.15, -0.1) is 11.3 Å². The zero-order chi connectivity index (χ0) is 33.5. The smallest absolute Gasteiger partial charge is 0.143 e. The molecule has 0 spiro atoms. The van der Waals surface area contributed by atoms with Crippen LogP contribution in [0.3, 0.4) is 0 Å². The van der Waals surface area contributed by atoms with Gasteiger partial charge in [0.2, 0.25) is 0 Å². The van der Waals surface area contributed by atoms with E-state index in [4.69, 9.17) is 8.83 Å². The number of benzene rings is 7. The second-order valence-electron chi connectivity index (χ2n) is 13.4. The second-order valence-corrected chi connectivity index (χ2v) is 14.5. The first kappa shape index (κ1) is 29.0. The first-order valence-corrected chi connectivity index (χ1v) is 18.2. The minimum absolute atomic E-state index is 0.0698. The molecule has 51 heavy (non-hydrogen) atoms. The Hall–Kier alpha value is -5.76. The third kappa shape index (κ3) is 4.73. The van der Waals surface area contributed by atoms with Gasteiger partial charge in [-0.25, -0.2) is 0 Å². The lowest BCUT2D eigenvalue weighted by atomic mass is 9.99. The fourth-order valence-corrected chi connectivity index (χ4v) is 8.97. The molecule has 5 nitrogen and oxygen atoms in total. The van der Waals surface area contributed by atoms with Crippen molar-refractivity contribution < 1.29 is 8.83 Å². The predicted molar refractivity (Wildman–Crippen MR) is 210 cm³/mol. The van der Waals surface area contributed by atoms with Crippen LogP contribution in [0, 0.1) is 0 Å². The van der Waals surface area contributed by atoms with Gasteiger partial charge in [0.1, 0.15) is 22.3 Å². The number of nitrogens with one attached hydrogen (secondary N) is 3. The van der Waals surface area contributed by atoms with Crippen LogP contribution < -0.4 is 16.0 Å². The Bertz CT molecular complexity index is 2940. The molecular weight excluding hydrogens is 647 g/mol. The third-order valence-corrected chi connectivity index (χ3v) is 11.6. The maximum absolute atomic E-state index is 6.42. The summed E-state index contributed by atoms with van der Waals surface area (Å²) in [6.45, 7) is 0. The molecule has 1 aliphatic rings. The van der Waals surface area contributed by atoms with Crippen molar-refractivity contribution in [3.8, 4) is 11.1 Å². The first-order valence-electron chi connectivity index (χ1n) is 17.3. The van der Waals surface area contributed by atoms with Crippen molar-refractivity contribution >= 4 is 75.4 Å². The summed E-state index contributed by atoms with van der Waals surface area (Å²) in [5, 5.41) is 18.6. The SMILES string of the molecule is c1ccc(C2NC(c3ccc4c(c3)oc3ccccc34)NC(c3ccc4sc5ccc(-c6cccc7c6oc6ccccc67)cc5c4c3)N2)cc1. The van der Waals surface area contributed by atoms with Crippen molar-refractivity contribution in [3.05, 3.63) is 168 Å². The number of rotatable bonds is 4. The Labute approximate surface area is 297 Å². The van der Waals surface area contributed by atoms with Gasteiger partial charge in [0, 0.05) is 47.3 Å². The van der Waals surface area contributed by atoms with Crippen molar-refractivity contribution in [2.75, 3.05) is 0 Å². The molecule has 1 aliphatic heterocycles. The number of fused-ring (bicyclic) bond motifs is 9. The average molecular weight is 678 g/mol. The quantitative estimate of drug-likeness (QED) is 0.173. The summed E-state index contributed by atoms with van der Waals surface area (Å²) in [4.78, 5) is 0. The maximum atomic E-state index is 6.42. The third-order valence-electron chi connectivity index (χ3n) is 10.4. The molecule has 0 saturated carbocycles. The van der Waals surface area contributed by atoms with Gasteiger partial charge in [-0.2, -0.15) is 0 Å². The van der Waals surface area contributed by atoms with E-state index >= 15 is 0 Å². The van der Waals surface area contributed by atoms with Crippen LogP contribution in [0.2, 0.25) is 0 Å². The van der Waals surface area contributed by atoms with E-state index in [1.54, 1.807) is 0 Å². The van der Waals surface area contributed by atoms with Gasteiger partial charge in [0.25, 0.3) is 0 Å². The molecule has 0 aliphatic carbocycles. The van der Waals surface area contributed by atoms with Crippen molar-refractivity contribution in [3.63, 3.8) is 0 Å². The van der Waals surface area contributed by atoms with Gasteiger partial charge >= 0.3 is 0 Å². The van der Waals surface area contributed by atoms with Gasteiger partial charge in [0.15, 0.2) is 0 Å². The van der Waals surface area contributed by atoms with E-state index in [2.05, 4.69) is 143 Å². The van der Waals surface area contributed by atoms with Crippen LogP contribution in [-0.4, -0.2) is 0 Å². The predicted octanol–water partition coefficient (Wildman–Crippen LogP) is 11.7. The summed E-state index contributed by atoms with van der Waals surface area (Å²) in [6, 6.07) is 53.8.